The summed E-state index contributed by atoms with van der Waals surface area (Å²) in [5.41, 5.74) is 1.54. The summed E-state index contributed by atoms with van der Waals surface area (Å²) in [6.07, 6.45) is 0.500. The van der Waals surface area contributed by atoms with Crippen LogP contribution in [0.2, 0.25) is 0 Å². The Morgan fingerprint density at radius 3 is 2.90 bits per heavy atom. The zero-order valence-electron chi connectivity index (χ0n) is 11.7. The Morgan fingerprint density at radius 2 is 2.25 bits per heavy atom. The second-order valence-corrected chi connectivity index (χ2v) is 6.43. The van der Waals surface area contributed by atoms with Gasteiger partial charge >= 0.3 is 0 Å². The summed E-state index contributed by atoms with van der Waals surface area (Å²) in [5.74, 6) is 0.816. The molecule has 1 amide bonds. The van der Waals surface area contributed by atoms with Crippen LogP contribution in [-0.2, 0) is 16.1 Å². The molecule has 2 rings (SSSR count). The van der Waals surface area contributed by atoms with E-state index >= 15 is 0 Å². The first-order valence-corrected chi connectivity index (χ1v) is 7.60. The molecule has 1 fully saturated rings. The van der Waals surface area contributed by atoms with Gasteiger partial charge in [-0.05, 0) is 30.0 Å². The van der Waals surface area contributed by atoms with Crippen LogP contribution in [-0.4, -0.2) is 28.2 Å². The Morgan fingerprint density at radius 1 is 1.50 bits per heavy atom. The van der Waals surface area contributed by atoms with Crippen LogP contribution in [0.5, 0.6) is 0 Å². The first kappa shape index (κ1) is 15.0. The molecule has 20 heavy (non-hydrogen) atoms. The maximum atomic E-state index is 13.2. The van der Waals surface area contributed by atoms with Crippen molar-refractivity contribution in [2.75, 3.05) is 12.3 Å². The highest BCUT2D eigenvalue weighted by Gasteiger charge is 2.29. The number of carbonyl (C=O) groups is 2. The van der Waals surface area contributed by atoms with E-state index in [2.05, 4.69) is 0 Å². The topological polar surface area (TPSA) is 37.4 Å². The molecule has 0 spiro atoms. The lowest BCUT2D eigenvalue weighted by atomic mass is 10.1. The molecule has 0 aliphatic carbocycles. The number of benzene rings is 1. The van der Waals surface area contributed by atoms with E-state index in [-0.39, 0.29) is 22.8 Å². The van der Waals surface area contributed by atoms with Crippen molar-refractivity contribution in [2.24, 2.45) is 5.92 Å². The molecule has 1 aliphatic rings. The van der Waals surface area contributed by atoms with Crippen LogP contribution in [0.15, 0.2) is 18.2 Å². The molecule has 0 aromatic heterocycles. The summed E-state index contributed by atoms with van der Waals surface area (Å²) in [6.45, 7) is 4.45. The number of nitrogens with zero attached hydrogens (tertiary/aromatic N) is 1. The molecule has 0 radical (unpaired) electrons. The van der Waals surface area contributed by atoms with Gasteiger partial charge in [0, 0.05) is 32.2 Å². The molecule has 1 aromatic rings. The minimum absolute atomic E-state index is 0.0880. The van der Waals surface area contributed by atoms with E-state index < -0.39 is 0 Å². The van der Waals surface area contributed by atoms with E-state index in [1.807, 2.05) is 0 Å². The molecular formula is C15H18FNO2S. The number of hydrogen-bond acceptors (Lipinski definition) is 3. The maximum absolute atomic E-state index is 13.2. The predicted molar refractivity (Wildman–Crippen MR) is 77.8 cm³/mol. The first-order chi connectivity index (χ1) is 9.45. The van der Waals surface area contributed by atoms with Gasteiger partial charge in [-0.1, -0.05) is 23.9 Å². The summed E-state index contributed by atoms with van der Waals surface area (Å²) in [4.78, 5) is 24.7. The second kappa shape index (κ2) is 6.39. The van der Waals surface area contributed by atoms with E-state index in [1.165, 1.54) is 17.8 Å². The first-order valence-electron chi connectivity index (χ1n) is 6.62. The molecule has 5 heteroatoms. The molecule has 1 atom stereocenters. The van der Waals surface area contributed by atoms with Crippen molar-refractivity contribution < 1.29 is 14.0 Å². The molecule has 1 heterocycles. The van der Waals surface area contributed by atoms with E-state index in [9.17, 15) is 14.0 Å². The Kier molecular flexibility index (Phi) is 4.81. The standard InChI is InChI=1S/C15H18FNO2S/c1-10-5-12(3-4-14(10)16)7-17-8-13(6-15(17)19)9-20-11(2)18/h3-5,13H,6-9H2,1-2H3. The number of amides is 1. The molecular weight excluding hydrogens is 277 g/mol. The zero-order valence-corrected chi connectivity index (χ0v) is 12.5. The van der Waals surface area contributed by atoms with Crippen LogP contribution >= 0.6 is 11.8 Å². The fourth-order valence-electron chi connectivity index (χ4n) is 2.38. The fraction of sp³-hybridized carbons (Fsp3) is 0.467. The van der Waals surface area contributed by atoms with Crippen LogP contribution in [0.3, 0.4) is 0 Å². The average Bonchev–Trinajstić information content (AvgIpc) is 2.72. The van der Waals surface area contributed by atoms with Crippen molar-refractivity contribution >= 4 is 22.8 Å². The highest BCUT2D eigenvalue weighted by Crippen LogP contribution is 2.24. The lowest BCUT2D eigenvalue weighted by Crippen LogP contribution is -2.24. The smallest absolute Gasteiger partial charge is 0.223 e. The Labute approximate surface area is 122 Å². The molecule has 0 bridgehead atoms. The average molecular weight is 295 g/mol. The Bertz CT molecular complexity index is 533. The summed E-state index contributed by atoms with van der Waals surface area (Å²) in [7, 11) is 0. The third-order valence-electron chi connectivity index (χ3n) is 3.41. The number of rotatable bonds is 4. The van der Waals surface area contributed by atoms with E-state index in [0.717, 1.165) is 5.56 Å². The van der Waals surface area contributed by atoms with Crippen LogP contribution in [0.25, 0.3) is 0 Å². The number of hydrogen-bond donors (Lipinski definition) is 0. The lowest BCUT2D eigenvalue weighted by molar-refractivity contribution is -0.128. The minimum atomic E-state index is -0.225. The zero-order chi connectivity index (χ0) is 14.7. The van der Waals surface area contributed by atoms with Gasteiger partial charge in [0.05, 0.1) is 0 Å². The van der Waals surface area contributed by atoms with Crippen molar-refractivity contribution in [3.63, 3.8) is 0 Å². The molecule has 0 saturated carbocycles. The van der Waals surface area contributed by atoms with Gasteiger partial charge in [0.25, 0.3) is 0 Å². The number of carbonyl (C=O) groups excluding carboxylic acids is 2. The minimum Gasteiger partial charge on any atom is -0.338 e. The molecule has 1 aromatic carbocycles. The van der Waals surface area contributed by atoms with Crippen LogP contribution in [0.4, 0.5) is 4.39 Å². The molecule has 0 N–H and O–H groups in total. The fourth-order valence-corrected chi connectivity index (χ4v) is 3.07. The van der Waals surface area contributed by atoms with Gasteiger partial charge in [-0.3, -0.25) is 9.59 Å². The summed E-state index contributed by atoms with van der Waals surface area (Å²) >= 11 is 1.28. The van der Waals surface area contributed by atoms with Crippen molar-refractivity contribution in [1.82, 2.24) is 4.90 Å². The number of thioether (sulfide) groups is 1. The third kappa shape index (κ3) is 3.82. The van der Waals surface area contributed by atoms with Crippen molar-refractivity contribution in [2.45, 2.75) is 26.8 Å². The molecule has 1 saturated heterocycles. The van der Waals surface area contributed by atoms with E-state index in [1.54, 1.807) is 30.9 Å². The SMILES string of the molecule is CC(=O)SCC1CC(=O)N(Cc2ccc(F)c(C)c2)C1. The summed E-state index contributed by atoms with van der Waals surface area (Å²) in [5, 5.41) is 0.0880. The molecule has 3 nitrogen and oxygen atoms in total. The van der Waals surface area contributed by atoms with Crippen molar-refractivity contribution in [3.8, 4) is 0 Å². The van der Waals surface area contributed by atoms with Gasteiger partial charge in [-0.2, -0.15) is 0 Å². The molecule has 1 aliphatic heterocycles. The van der Waals surface area contributed by atoms with Gasteiger partial charge in [-0.25, -0.2) is 4.39 Å². The van der Waals surface area contributed by atoms with Crippen molar-refractivity contribution in [1.29, 1.82) is 0 Å². The van der Waals surface area contributed by atoms with E-state index in [0.29, 0.717) is 30.8 Å². The monoisotopic (exact) mass is 295 g/mol. The Hall–Kier alpha value is -1.36. The van der Waals surface area contributed by atoms with Gasteiger partial charge in [0.15, 0.2) is 5.12 Å². The molecule has 1 unspecified atom stereocenters. The van der Waals surface area contributed by atoms with Crippen LogP contribution < -0.4 is 0 Å². The quantitative estimate of drug-likeness (QED) is 0.857. The number of halogens is 1. The van der Waals surface area contributed by atoms with Gasteiger partial charge in [0.1, 0.15) is 5.82 Å². The van der Waals surface area contributed by atoms with E-state index in [4.69, 9.17) is 0 Å². The predicted octanol–water partition coefficient (Wildman–Crippen LogP) is 2.76. The van der Waals surface area contributed by atoms with Gasteiger partial charge in [-0.15, -0.1) is 0 Å². The van der Waals surface area contributed by atoms with Crippen molar-refractivity contribution in [3.05, 3.63) is 35.1 Å². The number of aryl methyl sites for hydroxylation is 1. The Balaban J connectivity index is 1.94. The third-order valence-corrected chi connectivity index (χ3v) is 4.46. The highest BCUT2D eigenvalue weighted by atomic mass is 32.2. The van der Waals surface area contributed by atoms with Crippen LogP contribution in [0, 0.1) is 18.7 Å². The summed E-state index contributed by atoms with van der Waals surface area (Å²) < 4.78 is 13.2. The summed E-state index contributed by atoms with van der Waals surface area (Å²) in [6, 6.07) is 4.93. The lowest BCUT2D eigenvalue weighted by Gasteiger charge is -2.17. The van der Waals surface area contributed by atoms with Gasteiger partial charge < -0.3 is 4.90 Å². The second-order valence-electron chi connectivity index (χ2n) is 5.23. The van der Waals surface area contributed by atoms with Gasteiger partial charge in [0.2, 0.25) is 5.91 Å². The maximum Gasteiger partial charge on any atom is 0.223 e. The largest absolute Gasteiger partial charge is 0.338 e. The highest BCUT2D eigenvalue weighted by molar-refractivity contribution is 8.13. The molecule has 108 valence electrons. The van der Waals surface area contributed by atoms with Crippen LogP contribution in [0.1, 0.15) is 24.5 Å². The normalized spacial score (nSPS) is 18.6. The number of likely N-dealkylation sites (tertiary alicyclic amines) is 1.